The number of aryl methyl sites for hydroxylation is 1. The average molecular weight is 318 g/mol. The maximum absolute atomic E-state index is 6.10. The Bertz CT molecular complexity index is 525. The predicted molar refractivity (Wildman–Crippen MR) is 72.2 cm³/mol. The van der Waals surface area contributed by atoms with E-state index in [1.54, 1.807) is 11.3 Å². The van der Waals surface area contributed by atoms with Crippen molar-refractivity contribution in [1.29, 1.82) is 0 Å². The molecule has 0 unspecified atom stereocenters. The second-order valence-electron chi connectivity index (χ2n) is 3.39. The van der Waals surface area contributed by atoms with Crippen molar-refractivity contribution in [2.45, 2.75) is 20.3 Å². The standard InChI is InChI=1S/C11H10BrClN2S/c1-3-9-14-10(6(2)11(13)15-9)7-4-16-5-8(7)12/h4-5H,3H2,1-2H3. The van der Waals surface area contributed by atoms with Crippen LogP contribution >= 0.6 is 38.9 Å². The Balaban J connectivity index is 2.64. The van der Waals surface area contributed by atoms with Crippen LogP contribution in [0.5, 0.6) is 0 Å². The lowest BCUT2D eigenvalue weighted by atomic mass is 10.1. The Morgan fingerprint density at radius 3 is 2.69 bits per heavy atom. The second kappa shape index (κ2) is 4.82. The van der Waals surface area contributed by atoms with Crippen LogP contribution in [0, 0.1) is 6.92 Å². The van der Waals surface area contributed by atoms with Gasteiger partial charge < -0.3 is 0 Å². The second-order valence-corrected chi connectivity index (χ2v) is 5.35. The Hall–Kier alpha value is -0.450. The van der Waals surface area contributed by atoms with E-state index in [4.69, 9.17) is 11.6 Å². The van der Waals surface area contributed by atoms with Crippen molar-refractivity contribution >= 4 is 38.9 Å². The summed E-state index contributed by atoms with van der Waals surface area (Å²) in [4.78, 5) is 8.77. The van der Waals surface area contributed by atoms with Gasteiger partial charge in [0.1, 0.15) is 11.0 Å². The molecule has 0 bridgehead atoms. The zero-order valence-corrected chi connectivity index (χ0v) is 12.1. The third-order valence-corrected chi connectivity index (χ3v) is 4.39. The topological polar surface area (TPSA) is 25.8 Å². The van der Waals surface area contributed by atoms with Crippen molar-refractivity contribution in [3.63, 3.8) is 0 Å². The largest absolute Gasteiger partial charge is 0.232 e. The quantitative estimate of drug-likeness (QED) is 0.763. The molecule has 0 aliphatic rings. The minimum absolute atomic E-state index is 0.542. The van der Waals surface area contributed by atoms with Crippen LogP contribution in [0.1, 0.15) is 18.3 Å². The fourth-order valence-corrected chi connectivity index (χ4v) is 3.06. The van der Waals surface area contributed by atoms with Gasteiger partial charge in [0.2, 0.25) is 0 Å². The maximum Gasteiger partial charge on any atom is 0.136 e. The van der Waals surface area contributed by atoms with E-state index in [9.17, 15) is 0 Å². The van der Waals surface area contributed by atoms with Crippen LogP contribution in [-0.4, -0.2) is 9.97 Å². The number of hydrogen-bond acceptors (Lipinski definition) is 3. The molecule has 16 heavy (non-hydrogen) atoms. The molecular weight excluding hydrogens is 308 g/mol. The molecular formula is C11H10BrClN2S. The molecule has 0 fully saturated rings. The van der Waals surface area contributed by atoms with E-state index in [-0.39, 0.29) is 0 Å². The molecule has 0 aliphatic heterocycles. The third-order valence-electron chi connectivity index (χ3n) is 2.32. The van der Waals surface area contributed by atoms with Crippen molar-refractivity contribution in [2.75, 3.05) is 0 Å². The molecule has 0 aromatic carbocycles. The van der Waals surface area contributed by atoms with E-state index in [1.807, 2.05) is 19.2 Å². The molecule has 0 atom stereocenters. The number of thiophene rings is 1. The first-order valence-electron chi connectivity index (χ1n) is 4.88. The van der Waals surface area contributed by atoms with Gasteiger partial charge in [-0.3, -0.25) is 0 Å². The number of nitrogens with zero attached hydrogens (tertiary/aromatic N) is 2. The maximum atomic E-state index is 6.10. The van der Waals surface area contributed by atoms with Crippen LogP contribution < -0.4 is 0 Å². The van der Waals surface area contributed by atoms with Crippen LogP contribution in [-0.2, 0) is 6.42 Å². The van der Waals surface area contributed by atoms with E-state index < -0.39 is 0 Å². The molecule has 0 spiro atoms. The third kappa shape index (κ3) is 2.14. The van der Waals surface area contributed by atoms with Gasteiger partial charge in [0, 0.05) is 32.8 Å². The molecule has 2 aromatic heterocycles. The highest BCUT2D eigenvalue weighted by Crippen LogP contribution is 2.34. The molecule has 2 rings (SSSR count). The van der Waals surface area contributed by atoms with Crippen molar-refractivity contribution < 1.29 is 0 Å². The fourth-order valence-electron chi connectivity index (χ4n) is 1.40. The summed E-state index contributed by atoms with van der Waals surface area (Å²) in [6.07, 6.45) is 0.786. The summed E-state index contributed by atoms with van der Waals surface area (Å²) < 4.78 is 1.05. The predicted octanol–water partition coefficient (Wildman–Crippen LogP) is 4.49. The summed E-state index contributed by atoms with van der Waals surface area (Å²) in [6, 6.07) is 0. The van der Waals surface area contributed by atoms with Crippen LogP contribution in [0.25, 0.3) is 11.3 Å². The molecule has 5 heteroatoms. The first kappa shape index (κ1) is 12.0. The van der Waals surface area contributed by atoms with E-state index in [0.29, 0.717) is 5.15 Å². The molecule has 84 valence electrons. The molecule has 0 saturated carbocycles. The Morgan fingerprint density at radius 2 is 2.12 bits per heavy atom. The summed E-state index contributed by atoms with van der Waals surface area (Å²) in [7, 11) is 0. The molecule has 0 N–H and O–H groups in total. The van der Waals surface area contributed by atoms with Gasteiger partial charge in [0.15, 0.2) is 0 Å². The minimum Gasteiger partial charge on any atom is -0.232 e. The first-order chi connectivity index (χ1) is 7.63. The molecule has 2 nitrogen and oxygen atoms in total. The Kier molecular flexibility index (Phi) is 3.62. The first-order valence-corrected chi connectivity index (χ1v) is 7.00. The van der Waals surface area contributed by atoms with Crippen LogP contribution in [0.2, 0.25) is 5.15 Å². The van der Waals surface area contributed by atoms with E-state index in [0.717, 1.165) is 33.5 Å². The van der Waals surface area contributed by atoms with Gasteiger partial charge in [-0.05, 0) is 22.9 Å². The lowest BCUT2D eigenvalue weighted by Crippen LogP contribution is -1.99. The van der Waals surface area contributed by atoms with Crippen LogP contribution in [0.15, 0.2) is 15.2 Å². The van der Waals surface area contributed by atoms with Gasteiger partial charge in [-0.2, -0.15) is 11.3 Å². The minimum atomic E-state index is 0.542. The highest BCUT2D eigenvalue weighted by atomic mass is 79.9. The number of aromatic nitrogens is 2. The monoisotopic (exact) mass is 316 g/mol. The van der Waals surface area contributed by atoms with E-state index >= 15 is 0 Å². The van der Waals surface area contributed by atoms with Gasteiger partial charge in [-0.15, -0.1) is 0 Å². The SMILES string of the molecule is CCc1nc(Cl)c(C)c(-c2cscc2Br)n1. The highest BCUT2D eigenvalue weighted by Gasteiger charge is 2.13. The van der Waals surface area contributed by atoms with E-state index in [1.165, 1.54) is 0 Å². The molecule has 2 aromatic rings. The molecule has 0 radical (unpaired) electrons. The number of hydrogen-bond donors (Lipinski definition) is 0. The Labute approximate surface area is 112 Å². The van der Waals surface area contributed by atoms with Crippen molar-refractivity contribution in [1.82, 2.24) is 9.97 Å². The zero-order valence-electron chi connectivity index (χ0n) is 8.92. The highest BCUT2D eigenvalue weighted by molar-refractivity contribution is 9.10. The lowest BCUT2D eigenvalue weighted by Gasteiger charge is -2.07. The van der Waals surface area contributed by atoms with Crippen molar-refractivity contribution in [2.24, 2.45) is 0 Å². The van der Waals surface area contributed by atoms with Gasteiger partial charge in [0.05, 0.1) is 5.69 Å². The van der Waals surface area contributed by atoms with Crippen LogP contribution in [0.4, 0.5) is 0 Å². The summed E-state index contributed by atoms with van der Waals surface area (Å²) >= 11 is 11.3. The van der Waals surface area contributed by atoms with Gasteiger partial charge in [-0.25, -0.2) is 9.97 Å². The summed E-state index contributed by atoms with van der Waals surface area (Å²) in [5.74, 6) is 0.781. The molecule has 0 amide bonds. The zero-order chi connectivity index (χ0) is 11.7. The molecule has 0 saturated heterocycles. The van der Waals surface area contributed by atoms with Crippen LogP contribution in [0.3, 0.4) is 0 Å². The molecule has 0 aliphatic carbocycles. The van der Waals surface area contributed by atoms with Crippen molar-refractivity contribution in [3.05, 3.63) is 31.8 Å². The summed E-state index contributed by atoms with van der Waals surface area (Å²) in [5.41, 5.74) is 2.93. The molecule has 2 heterocycles. The smallest absolute Gasteiger partial charge is 0.136 e. The average Bonchev–Trinajstić information content (AvgIpc) is 2.68. The van der Waals surface area contributed by atoms with E-state index in [2.05, 4.69) is 31.3 Å². The lowest BCUT2D eigenvalue weighted by molar-refractivity contribution is 0.934. The van der Waals surface area contributed by atoms with Gasteiger partial charge in [0.25, 0.3) is 0 Å². The number of rotatable bonds is 2. The summed E-state index contributed by atoms with van der Waals surface area (Å²) in [5, 5.41) is 4.64. The Morgan fingerprint density at radius 1 is 1.38 bits per heavy atom. The van der Waals surface area contributed by atoms with Gasteiger partial charge >= 0.3 is 0 Å². The number of halogens is 2. The fraction of sp³-hybridized carbons (Fsp3) is 0.273. The van der Waals surface area contributed by atoms with Crippen molar-refractivity contribution in [3.8, 4) is 11.3 Å². The summed E-state index contributed by atoms with van der Waals surface area (Å²) in [6.45, 7) is 3.97. The normalized spacial score (nSPS) is 10.8. The van der Waals surface area contributed by atoms with Gasteiger partial charge in [-0.1, -0.05) is 18.5 Å².